The lowest BCUT2D eigenvalue weighted by Crippen LogP contribution is -2.44. The number of benzene rings is 2. The van der Waals surface area contributed by atoms with E-state index in [1.165, 1.54) is 0 Å². The van der Waals surface area contributed by atoms with Gasteiger partial charge in [-0.2, -0.15) is 5.53 Å². The quantitative estimate of drug-likeness (QED) is 0.646. The van der Waals surface area contributed by atoms with Gasteiger partial charge in [-0.15, -0.1) is 0 Å². The summed E-state index contributed by atoms with van der Waals surface area (Å²) in [6, 6.07) is 17.1. The van der Waals surface area contributed by atoms with E-state index in [0.717, 1.165) is 16.9 Å². The summed E-state index contributed by atoms with van der Waals surface area (Å²) in [5.74, 6) is 0.747. The molecule has 2 atom stereocenters. The van der Waals surface area contributed by atoms with Gasteiger partial charge in [0.2, 0.25) is 5.91 Å². The van der Waals surface area contributed by atoms with Crippen molar-refractivity contribution in [2.24, 2.45) is 0 Å². The fourth-order valence-electron chi connectivity index (χ4n) is 2.73. The normalized spacial score (nSPS) is 19.9. The molecular formula is C18H22N4O2. The molecule has 2 aromatic rings. The van der Waals surface area contributed by atoms with Crippen LogP contribution >= 0.6 is 0 Å². The first-order chi connectivity index (χ1) is 11.8. The first-order valence-corrected chi connectivity index (χ1v) is 8.08. The van der Waals surface area contributed by atoms with Gasteiger partial charge in [0.05, 0.1) is 12.6 Å². The first kappa shape index (κ1) is 16.4. The molecule has 2 unspecified atom stereocenters. The number of hydrogen-bond acceptors (Lipinski definition) is 5. The van der Waals surface area contributed by atoms with Crippen molar-refractivity contribution in [2.45, 2.75) is 25.6 Å². The second kappa shape index (κ2) is 7.92. The highest BCUT2D eigenvalue weighted by molar-refractivity contribution is 5.83. The minimum absolute atomic E-state index is 0.0665. The Morgan fingerprint density at radius 3 is 2.75 bits per heavy atom. The van der Waals surface area contributed by atoms with Gasteiger partial charge >= 0.3 is 0 Å². The molecule has 0 radical (unpaired) electrons. The molecule has 126 valence electrons. The zero-order valence-electron chi connectivity index (χ0n) is 13.6. The van der Waals surface area contributed by atoms with Gasteiger partial charge in [0.15, 0.2) is 0 Å². The lowest BCUT2D eigenvalue weighted by molar-refractivity contribution is -0.123. The van der Waals surface area contributed by atoms with E-state index < -0.39 is 0 Å². The van der Waals surface area contributed by atoms with Crippen molar-refractivity contribution in [2.75, 3.05) is 6.61 Å². The molecular weight excluding hydrogens is 304 g/mol. The van der Waals surface area contributed by atoms with Crippen LogP contribution in [0.5, 0.6) is 5.75 Å². The highest BCUT2D eigenvalue weighted by atomic mass is 16.5. The largest absolute Gasteiger partial charge is 0.494 e. The van der Waals surface area contributed by atoms with Crippen LogP contribution in [0.3, 0.4) is 0 Å². The van der Waals surface area contributed by atoms with Gasteiger partial charge in [0, 0.05) is 6.54 Å². The van der Waals surface area contributed by atoms with Crippen molar-refractivity contribution in [1.82, 2.24) is 21.7 Å². The van der Waals surface area contributed by atoms with Crippen molar-refractivity contribution in [3.05, 3.63) is 65.7 Å². The molecule has 0 aromatic heterocycles. The Balaban J connectivity index is 1.61. The topological polar surface area (TPSA) is 74.4 Å². The van der Waals surface area contributed by atoms with Crippen LogP contribution < -0.4 is 26.4 Å². The molecule has 0 aliphatic carbocycles. The van der Waals surface area contributed by atoms with E-state index >= 15 is 0 Å². The molecule has 1 saturated heterocycles. The lowest BCUT2D eigenvalue weighted by Gasteiger charge is -2.18. The van der Waals surface area contributed by atoms with E-state index in [2.05, 4.69) is 21.7 Å². The van der Waals surface area contributed by atoms with E-state index in [1.54, 1.807) is 0 Å². The minimum Gasteiger partial charge on any atom is -0.494 e. The van der Waals surface area contributed by atoms with Crippen molar-refractivity contribution in [3.63, 3.8) is 0 Å². The molecule has 1 aliphatic heterocycles. The number of carbonyl (C=O) groups is 1. The van der Waals surface area contributed by atoms with Crippen molar-refractivity contribution in [1.29, 1.82) is 0 Å². The summed E-state index contributed by atoms with van der Waals surface area (Å²) in [5, 5.41) is 2.97. The fraction of sp³-hybridized carbons (Fsp3) is 0.278. The predicted molar refractivity (Wildman–Crippen MR) is 91.8 cm³/mol. The maximum absolute atomic E-state index is 12.5. The summed E-state index contributed by atoms with van der Waals surface area (Å²) in [4.78, 5) is 12.5. The molecule has 1 heterocycles. The number of carbonyl (C=O) groups excluding carboxylic acids is 1. The Morgan fingerprint density at radius 2 is 1.96 bits per heavy atom. The van der Waals surface area contributed by atoms with Crippen LogP contribution in [0, 0.1) is 0 Å². The fourth-order valence-corrected chi connectivity index (χ4v) is 2.73. The standard InChI is InChI=1S/C18H22N4O2/c1-2-24-15-10-6-7-13(11-15)12-19-18(23)17-16(20-22-21-17)14-8-4-3-5-9-14/h3-11,16-17,20-22H,2,12H2,1H3,(H,19,23). The molecule has 6 heteroatoms. The first-order valence-electron chi connectivity index (χ1n) is 8.08. The Hall–Kier alpha value is -2.41. The van der Waals surface area contributed by atoms with Gasteiger partial charge in [0.1, 0.15) is 11.8 Å². The van der Waals surface area contributed by atoms with Crippen molar-refractivity contribution >= 4 is 5.91 Å². The minimum atomic E-state index is -0.387. The van der Waals surface area contributed by atoms with Crippen LogP contribution in [0.2, 0.25) is 0 Å². The van der Waals surface area contributed by atoms with Crippen LogP contribution in [0.15, 0.2) is 54.6 Å². The third kappa shape index (κ3) is 3.91. The molecule has 0 saturated carbocycles. The Bertz CT molecular complexity index is 678. The monoisotopic (exact) mass is 326 g/mol. The number of hydrogen-bond donors (Lipinski definition) is 4. The summed E-state index contributed by atoms with van der Waals surface area (Å²) in [7, 11) is 0. The van der Waals surface area contributed by atoms with E-state index in [4.69, 9.17) is 4.74 Å². The third-order valence-electron chi connectivity index (χ3n) is 3.91. The van der Waals surface area contributed by atoms with Gasteiger partial charge in [-0.1, -0.05) is 42.5 Å². The Labute approximate surface area is 141 Å². The molecule has 0 bridgehead atoms. The Kier molecular flexibility index (Phi) is 5.43. The van der Waals surface area contributed by atoms with Gasteiger partial charge in [-0.25, -0.2) is 10.9 Å². The Morgan fingerprint density at radius 1 is 1.12 bits per heavy atom. The van der Waals surface area contributed by atoms with Crippen LogP contribution in [0.1, 0.15) is 24.1 Å². The van der Waals surface area contributed by atoms with Gasteiger partial charge < -0.3 is 10.1 Å². The van der Waals surface area contributed by atoms with Gasteiger partial charge in [-0.05, 0) is 30.2 Å². The number of ether oxygens (including phenoxy) is 1. The summed E-state index contributed by atoms with van der Waals surface area (Å²) in [6.07, 6.45) is 0. The number of amides is 1. The van der Waals surface area contributed by atoms with Crippen LogP contribution in [-0.4, -0.2) is 18.6 Å². The van der Waals surface area contributed by atoms with Gasteiger partial charge in [-0.3, -0.25) is 4.79 Å². The second-order valence-electron chi connectivity index (χ2n) is 5.58. The highest BCUT2D eigenvalue weighted by Gasteiger charge is 2.33. The maximum Gasteiger partial charge on any atom is 0.240 e. The molecule has 24 heavy (non-hydrogen) atoms. The van der Waals surface area contributed by atoms with Crippen molar-refractivity contribution in [3.8, 4) is 5.75 Å². The molecule has 4 N–H and O–H groups in total. The average Bonchev–Trinajstić information content (AvgIpc) is 3.11. The van der Waals surface area contributed by atoms with E-state index in [9.17, 15) is 4.79 Å². The number of nitrogens with one attached hydrogen (secondary N) is 4. The van der Waals surface area contributed by atoms with E-state index in [1.807, 2.05) is 61.5 Å². The molecule has 3 rings (SSSR count). The SMILES string of the molecule is CCOc1cccc(CNC(=O)C2NNNC2c2ccccc2)c1. The molecule has 1 fully saturated rings. The van der Waals surface area contributed by atoms with Crippen LogP contribution in [0.25, 0.3) is 0 Å². The lowest BCUT2D eigenvalue weighted by atomic mass is 10.0. The smallest absolute Gasteiger partial charge is 0.240 e. The molecule has 0 spiro atoms. The second-order valence-corrected chi connectivity index (χ2v) is 5.58. The summed E-state index contributed by atoms with van der Waals surface area (Å²) < 4.78 is 5.48. The predicted octanol–water partition coefficient (Wildman–Crippen LogP) is 1.42. The molecule has 1 amide bonds. The van der Waals surface area contributed by atoms with E-state index in [0.29, 0.717) is 13.2 Å². The van der Waals surface area contributed by atoms with Crippen LogP contribution in [-0.2, 0) is 11.3 Å². The zero-order valence-corrected chi connectivity index (χ0v) is 13.6. The van der Waals surface area contributed by atoms with Crippen molar-refractivity contribution < 1.29 is 9.53 Å². The summed E-state index contributed by atoms with van der Waals surface area (Å²) in [5.41, 5.74) is 11.0. The maximum atomic E-state index is 12.5. The molecule has 2 aromatic carbocycles. The van der Waals surface area contributed by atoms with Gasteiger partial charge in [0.25, 0.3) is 0 Å². The van der Waals surface area contributed by atoms with E-state index in [-0.39, 0.29) is 18.0 Å². The number of hydrazine groups is 2. The highest BCUT2D eigenvalue weighted by Crippen LogP contribution is 2.19. The zero-order chi connectivity index (χ0) is 16.8. The third-order valence-corrected chi connectivity index (χ3v) is 3.91. The number of rotatable bonds is 6. The average molecular weight is 326 g/mol. The van der Waals surface area contributed by atoms with Crippen LogP contribution in [0.4, 0.5) is 0 Å². The molecule has 1 aliphatic rings. The molecule has 6 nitrogen and oxygen atoms in total. The summed E-state index contributed by atoms with van der Waals surface area (Å²) in [6.45, 7) is 3.03. The summed E-state index contributed by atoms with van der Waals surface area (Å²) >= 11 is 0.